The number of halogens is 1. The molecule has 1 aromatic rings. The van der Waals surface area contributed by atoms with E-state index in [1.54, 1.807) is 0 Å². The lowest BCUT2D eigenvalue weighted by molar-refractivity contribution is 0.0759. The molecule has 0 radical (unpaired) electrons. The van der Waals surface area contributed by atoms with Gasteiger partial charge in [0.25, 0.3) is 0 Å². The van der Waals surface area contributed by atoms with Crippen LogP contribution in [0.25, 0.3) is 0 Å². The fraction of sp³-hybridized carbons (Fsp3) is 0.647. The van der Waals surface area contributed by atoms with Crippen molar-refractivity contribution in [1.29, 1.82) is 0 Å². The van der Waals surface area contributed by atoms with Crippen LogP contribution in [0.2, 0.25) is 5.02 Å². The standard InChI is InChI=1S/C17H28ClNO/c1-4-7-17(15-8-10-16(18)11-9-15)19-12-5-6-13-20-14(2)3/h8-11,14,17,19H,4-7,12-13H2,1-3H3. The maximum absolute atomic E-state index is 5.95. The summed E-state index contributed by atoms with van der Waals surface area (Å²) < 4.78 is 5.55. The van der Waals surface area contributed by atoms with E-state index < -0.39 is 0 Å². The topological polar surface area (TPSA) is 21.3 Å². The summed E-state index contributed by atoms with van der Waals surface area (Å²) >= 11 is 5.95. The van der Waals surface area contributed by atoms with Crippen molar-refractivity contribution in [3.8, 4) is 0 Å². The van der Waals surface area contributed by atoms with E-state index in [4.69, 9.17) is 16.3 Å². The summed E-state index contributed by atoms with van der Waals surface area (Å²) in [6, 6.07) is 8.62. The molecule has 2 nitrogen and oxygen atoms in total. The molecule has 0 heterocycles. The number of hydrogen-bond acceptors (Lipinski definition) is 2. The Morgan fingerprint density at radius 3 is 2.45 bits per heavy atom. The molecule has 3 heteroatoms. The molecule has 20 heavy (non-hydrogen) atoms. The van der Waals surface area contributed by atoms with Crippen LogP contribution in [0.5, 0.6) is 0 Å². The van der Waals surface area contributed by atoms with Crippen LogP contribution in [0.3, 0.4) is 0 Å². The summed E-state index contributed by atoms with van der Waals surface area (Å²) in [5.74, 6) is 0. The summed E-state index contributed by atoms with van der Waals surface area (Å²) in [6.07, 6.45) is 4.94. The Morgan fingerprint density at radius 2 is 1.85 bits per heavy atom. The Labute approximate surface area is 128 Å². The molecule has 0 fully saturated rings. The Bertz CT molecular complexity index is 351. The first kappa shape index (κ1) is 17.5. The van der Waals surface area contributed by atoms with E-state index in [1.807, 2.05) is 12.1 Å². The number of unbranched alkanes of at least 4 members (excludes halogenated alkanes) is 1. The quantitative estimate of drug-likeness (QED) is 0.615. The monoisotopic (exact) mass is 297 g/mol. The predicted molar refractivity (Wildman–Crippen MR) is 87.4 cm³/mol. The minimum absolute atomic E-state index is 0.338. The van der Waals surface area contributed by atoms with Crippen molar-refractivity contribution in [2.75, 3.05) is 13.2 Å². The molecule has 0 saturated heterocycles. The summed E-state index contributed by atoms with van der Waals surface area (Å²) in [7, 11) is 0. The number of rotatable bonds is 10. The first-order valence-electron chi connectivity index (χ1n) is 7.74. The normalized spacial score (nSPS) is 12.8. The van der Waals surface area contributed by atoms with Gasteiger partial charge < -0.3 is 10.1 Å². The van der Waals surface area contributed by atoms with Gasteiger partial charge in [0.15, 0.2) is 0 Å². The van der Waals surface area contributed by atoms with Crippen LogP contribution in [0, 0.1) is 0 Å². The second-order valence-electron chi connectivity index (χ2n) is 5.47. The van der Waals surface area contributed by atoms with Crippen molar-refractivity contribution < 1.29 is 4.74 Å². The van der Waals surface area contributed by atoms with Gasteiger partial charge in [-0.05, 0) is 57.4 Å². The van der Waals surface area contributed by atoms with E-state index in [0.717, 1.165) is 37.4 Å². The molecule has 1 atom stereocenters. The average molecular weight is 298 g/mol. The minimum atomic E-state index is 0.338. The maximum Gasteiger partial charge on any atom is 0.0518 e. The number of hydrogen-bond donors (Lipinski definition) is 1. The van der Waals surface area contributed by atoms with Gasteiger partial charge in [0, 0.05) is 17.7 Å². The summed E-state index contributed by atoms with van der Waals surface area (Å²) in [5, 5.41) is 4.45. The molecule has 1 N–H and O–H groups in total. The summed E-state index contributed by atoms with van der Waals surface area (Å²) in [4.78, 5) is 0. The van der Waals surface area contributed by atoms with Crippen LogP contribution in [0.1, 0.15) is 58.1 Å². The Kier molecular flexibility index (Phi) is 8.92. The van der Waals surface area contributed by atoms with Gasteiger partial charge in [-0.15, -0.1) is 0 Å². The molecule has 0 amide bonds. The largest absolute Gasteiger partial charge is 0.379 e. The van der Waals surface area contributed by atoms with Crippen LogP contribution in [-0.4, -0.2) is 19.3 Å². The van der Waals surface area contributed by atoms with Crippen molar-refractivity contribution >= 4 is 11.6 Å². The Balaban J connectivity index is 2.30. The van der Waals surface area contributed by atoms with E-state index in [0.29, 0.717) is 12.1 Å². The van der Waals surface area contributed by atoms with Gasteiger partial charge in [-0.3, -0.25) is 0 Å². The molecular formula is C17H28ClNO. The number of ether oxygens (including phenoxy) is 1. The molecular weight excluding hydrogens is 270 g/mol. The average Bonchev–Trinajstić information content (AvgIpc) is 2.42. The van der Waals surface area contributed by atoms with Crippen molar-refractivity contribution in [3.05, 3.63) is 34.9 Å². The second-order valence-corrected chi connectivity index (χ2v) is 5.91. The fourth-order valence-electron chi connectivity index (χ4n) is 2.19. The first-order chi connectivity index (χ1) is 9.63. The van der Waals surface area contributed by atoms with E-state index in [1.165, 1.54) is 12.0 Å². The van der Waals surface area contributed by atoms with Gasteiger partial charge in [-0.25, -0.2) is 0 Å². The Morgan fingerprint density at radius 1 is 1.15 bits per heavy atom. The van der Waals surface area contributed by atoms with Crippen molar-refractivity contribution in [3.63, 3.8) is 0 Å². The van der Waals surface area contributed by atoms with Gasteiger partial charge in [0.1, 0.15) is 0 Å². The predicted octanol–water partition coefficient (Wildman–Crippen LogP) is 4.98. The molecule has 0 aliphatic rings. The third kappa shape index (κ3) is 7.28. The highest BCUT2D eigenvalue weighted by Crippen LogP contribution is 2.20. The molecule has 0 aromatic heterocycles. The van der Waals surface area contributed by atoms with Gasteiger partial charge in [0.2, 0.25) is 0 Å². The molecule has 0 bridgehead atoms. The first-order valence-corrected chi connectivity index (χ1v) is 8.11. The van der Waals surface area contributed by atoms with E-state index in [-0.39, 0.29) is 0 Å². The third-order valence-corrected chi connectivity index (χ3v) is 3.51. The van der Waals surface area contributed by atoms with E-state index in [9.17, 15) is 0 Å². The summed E-state index contributed by atoms with van der Waals surface area (Å²) in [6.45, 7) is 8.28. The SMILES string of the molecule is CCCC(NCCCCOC(C)C)c1ccc(Cl)cc1. The molecule has 0 saturated carbocycles. The van der Waals surface area contributed by atoms with Crippen LogP contribution in [-0.2, 0) is 4.74 Å². The minimum Gasteiger partial charge on any atom is -0.379 e. The lowest BCUT2D eigenvalue weighted by Crippen LogP contribution is -2.22. The van der Waals surface area contributed by atoms with Gasteiger partial charge in [0.05, 0.1) is 6.10 Å². The second kappa shape index (κ2) is 10.2. The highest BCUT2D eigenvalue weighted by Gasteiger charge is 2.09. The van der Waals surface area contributed by atoms with Crippen molar-refractivity contribution in [1.82, 2.24) is 5.32 Å². The zero-order valence-electron chi connectivity index (χ0n) is 13.0. The zero-order valence-corrected chi connectivity index (χ0v) is 13.7. The molecule has 114 valence electrons. The van der Waals surface area contributed by atoms with Crippen LogP contribution in [0.15, 0.2) is 24.3 Å². The van der Waals surface area contributed by atoms with Crippen LogP contribution < -0.4 is 5.32 Å². The number of nitrogens with one attached hydrogen (secondary N) is 1. The molecule has 0 spiro atoms. The smallest absolute Gasteiger partial charge is 0.0518 e. The van der Waals surface area contributed by atoms with Gasteiger partial charge in [-0.2, -0.15) is 0 Å². The highest BCUT2D eigenvalue weighted by molar-refractivity contribution is 6.30. The molecule has 1 aromatic carbocycles. The lowest BCUT2D eigenvalue weighted by Gasteiger charge is -2.19. The van der Waals surface area contributed by atoms with E-state index >= 15 is 0 Å². The molecule has 0 aliphatic carbocycles. The summed E-state index contributed by atoms with van der Waals surface area (Å²) in [5.41, 5.74) is 1.33. The van der Waals surface area contributed by atoms with Gasteiger partial charge >= 0.3 is 0 Å². The zero-order chi connectivity index (χ0) is 14.8. The van der Waals surface area contributed by atoms with Crippen molar-refractivity contribution in [2.45, 2.75) is 58.6 Å². The number of benzene rings is 1. The van der Waals surface area contributed by atoms with Crippen molar-refractivity contribution in [2.24, 2.45) is 0 Å². The third-order valence-electron chi connectivity index (χ3n) is 3.26. The molecule has 1 unspecified atom stereocenters. The maximum atomic E-state index is 5.95. The van der Waals surface area contributed by atoms with E-state index in [2.05, 4.69) is 38.2 Å². The fourth-order valence-corrected chi connectivity index (χ4v) is 2.32. The van der Waals surface area contributed by atoms with Gasteiger partial charge in [-0.1, -0.05) is 37.1 Å². The Hall–Kier alpha value is -0.570. The van der Waals surface area contributed by atoms with Crippen LogP contribution >= 0.6 is 11.6 Å². The molecule has 0 aliphatic heterocycles. The lowest BCUT2D eigenvalue weighted by atomic mass is 10.0. The molecule has 1 rings (SSSR count). The highest BCUT2D eigenvalue weighted by atomic mass is 35.5. The van der Waals surface area contributed by atoms with Crippen LogP contribution in [0.4, 0.5) is 0 Å².